The summed E-state index contributed by atoms with van der Waals surface area (Å²) in [6.45, 7) is 3.16. The maximum absolute atomic E-state index is 9.72. The molecule has 38 valence electrons. The molecule has 1 N–H and O–H groups in total. The number of carboxylic acid groups (broad SMARTS) is 1. The van der Waals surface area contributed by atoms with Crippen molar-refractivity contribution in [2.45, 2.75) is 0 Å². The lowest BCUT2D eigenvalue weighted by atomic mass is 10.4. The van der Waals surface area contributed by atoms with E-state index in [1.165, 1.54) is 0 Å². The second-order valence-corrected chi connectivity index (χ2v) is 1.31. The summed E-state index contributed by atoms with van der Waals surface area (Å²) in [7, 11) is 0. The monoisotopic (exact) mass is 116 g/mol. The molecular formula is C4H4O2S. The average Bonchev–Trinajstić information content (AvgIpc) is 1.65. The van der Waals surface area contributed by atoms with Crippen LogP contribution in [-0.4, -0.2) is 15.9 Å². The molecule has 0 aliphatic heterocycles. The van der Waals surface area contributed by atoms with Gasteiger partial charge in [0, 0.05) is 0 Å². The van der Waals surface area contributed by atoms with E-state index >= 15 is 0 Å². The molecule has 0 heterocycles. The third kappa shape index (κ3) is 2.05. The Bertz CT molecular complexity index is 117. The fourth-order valence-corrected chi connectivity index (χ4v) is 0.0873. The highest BCUT2D eigenvalue weighted by Crippen LogP contribution is 1.75. The molecule has 0 unspecified atom stereocenters. The van der Waals surface area contributed by atoms with E-state index in [1.54, 1.807) is 0 Å². The molecule has 0 aromatic heterocycles. The smallest absolute Gasteiger partial charge is 0.346 e. The van der Waals surface area contributed by atoms with Gasteiger partial charge in [-0.15, -0.1) is 0 Å². The van der Waals surface area contributed by atoms with Crippen LogP contribution in [0.15, 0.2) is 12.7 Å². The molecule has 0 aromatic rings. The molecule has 7 heavy (non-hydrogen) atoms. The molecule has 0 atom stereocenters. The Hall–Kier alpha value is -0.700. The van der Waals surface area contributed by atoms with E-state index in [-0.39, 0.29) is 4.86 Å². The summed E-state index contributed by atoms with van der Waals surface area (Å²) < 4.78 is 0. The minimum atomic E-state index is -1.09. The van der Waals surface area contributed by atoms with Gasteiger partial charge in [0.2, 0.25) is 0 Å². The molecule has 0 fully saturated rings. The van der Waals surface area contributed by atoms with E-state index < -0.39 is 5.97 Å². The third-order valence-electron chi connectivity index (χ3n) is 0.396. The van der Waals surface area contributed by atoms with Crippen molar-refractivity contribution in [3.63, 3.8) is 0 Å². The lowest BCUT2D eigenvalue weighted by Crippen LogP contribution is -2.04. The summed E-state index contributed by atoms with van der Waals surface area (Å²) in [5, 5.41) is 7.97. The summed E-state index contributed by atoms with van der Waals surface area (Å²) in [5.74, 6) is -1.09. The van der Waals surface area contributed by atoms with Gasteiger partial charge in [-0.05, 0) is 6.08 Å². The highest BCUT2D eigenvalue weighted by atomic mass is 32.1. The van der Waals surface area contributed by atoms with Crippen molar-refractivity contribution in [1.82, 2.24) is 0 Å². The van der Waals surface area contributed by atoms with E-state index in [0.717, 1.165) is 6.08 Å². The van der Waals surface area contributed by atoms with Crippen LogP contribution in [0, 0.1) is 0 Å². The molecular weight excluding hydrogens is 112 g/mol. The van der Waals surface area contributed by atoms with Crippen LogP contribution in [0.4, 0.5) is 0 Å². The van der Waals surface area contributed by atoms with Crippen LogP contribution in [0.2, 0.25) is 0 Å². The Labute approximate surface area is 46.5 Å². The number of rotatable bonds is 2. The minimum Gasteiger partial charge on any atom is -0.477 e. The number of aliphatic carboxylic acids is 1. The van der Waals surface area contributed by atoms with Crippen LogP contribution < -0.4 is 0 Å². The number of hydrogen-bond acceptors (Lipinski definition) is 2. The molecule has 0 saturated heterocycles. The second-order valence-electron chi connectivity index (χ2n) is 0.874. The lowest BCUT2D eigenvalue weighted by molar-refractivity contribution is -0.129. The van der Waals surface area contributed by atoms with Gasteiger partial charge < -0.3 is 5.11 Å². The van der Waals surface area contributed by atoms with Crippen LogP contribution in [0.3, 0.4) is 0 Å². The molecule has 0 saturated carbocycles. The van der Waals surface area contributed by atoms with Crippen LogP contribution >= 0.6 is 12.2 Å². The van der Waals surface area contributed by atoms with Crippen molar-refractivity contribution in [1.29, 1.82) is 0 Å². The van der Waals surface area contributed by atoms with Gasteiger partial charge >= 0.3 is 5.97 Å². The topological polar surface area (TPSA) is 37.3 Å². The van der Waals surface area contributed by atoms with Gasteiger partial charge in [-0.3, -0.25) is 0 Å². The van der Waals surface area contributed by atoms with E-state index in [4.69, 9.17) is 5.11 Å². The molecule has 0 radical (unpaired) electrons. The number of thiocarbonyl (C=S) groups is 1. The van der Waals surface area contributed by atoms with E-state index in [2.05, 4.69) is 18.8 Å². The normalized spacial score (nSPS) is 7.43. The van der Waals surface area contributed by atoms with Gasteiger partial charge in [-0.25, -0.2) is 4.79 Å². The van der Waals surface area contributed by atoms with E-state index in [0.29, 0.717) is 0 Å². The number of carbonyl (C=O) groups is 1. The Balaban J connectivity index is 3.81. The summed E-state index contributed by atoms with van der Waals surface area (Å²) in [6.07, 6.45) is 1.12. The first-order chi connectivity index (χ1) is 3.18. The van der Waals surface area contributed by atoms with Crippen LogP contribution in [0.25, 0.3) is 0 Å². The zero-order valence-electron chi connectivity index (χ0n) is 3.55. The van der Waals surface area contributed by atoms with Crippen molar-refractivity contribution in [2.24, 2.45) is 0 Å². The van der Waals surface area contributed by atoms with Gasteiger partial charge in [0.05, 0.1) is 0 Å². The average molecular weight is 116 g/mol. The number of carboxylic acids is 1. The first kappa shape index (κ1) is 6.30. The molecule has 0 bridgehead atoms. The maximum Gasteiger partial charge on any atom is 0.346 e. The largest absolute Gasteiger partial charge is 0.477 e. The Morgan fingerprint density at radius 2 is 2.29 bits per heavy atom. The van der Waals surface area contributed by atoms with Crippen molar-refractivity contribution >= 4 is 23.1 Å². The lowest BCUT2D eigenvalue weighted by Gasteiger charge is -1.79. The van der Waals surface area contributed by atoms with Gasteiger partial charge in [0.1, 0.15) is 4.86 Å². The predicted molar refractivity (Wildman–Crippen MR) is 30.4 cm³/mol. The van der Waals surface area contributed by atoms with Crippen molar-refractivity contribution in [3.8, 4) is 0 Å². The van der Waals surface area contributed by atoms with Crippen LogP contribution in [0.5, 0.6) is 0 Å². The van der Waals surface area contributed by atoms with Crippen molar-refractivity contribution in [2.75, 3.05) is 0 Å². The quantitative estimate of drug-likeness (QED) is 0.424. The van der Waals surface area contributed by atoms with Crippen molar-refractivity contribution < 1.29 is 9.90 Å². The van der Waals surface area contributed by atoms with Crippen LogP contribution in [0.1, 0.15) is 0 Å². The first-order valence-corrected chi connectivity index (χ1v) is 1.99. The van der Waals surface area contributed by atoms with Crippen molar-refractivity contribution in [3.05, 3.63) is 12.7 Å². The predicted octanol–water partition coefficient (Wildman–Crippen LogP) is 0.627. The van der Waals surface area contributed by atoms with E-state index in [1.807, 2.05) is 0 Å². The highest BCUT2D eigenvalue weighted by molar-refractivity contribution is 7.82. The Kier molecular flexibility index (Phi) is 2.22. The van der Waals surface area contributed by atoms with Gasteiger partial charge in [-0.1, -0.05) is 18.8 Å². The minimum absolute atomic E-state index is 0.139. The Morgan fingerprint density at radius 3 is 2.29 bits per heavy atom. The fraction of sp³-hybridized carbons (Fsp3) is 0. The zero-order chi connectivity index (χ0) is 5.86. The standard InChI is InChI=1S/C4H4O2S/c1-2-3(7)4(5)6/h2H,1H2,(H,5,6). The summed E-state index contributed by atoms with van der Waals surface area (Å²) in [4.78, 5) is 9.58. The molecule has 3 heteroatoms. The Morgan fingerprint density at radius 1 is 1.86 bits per heavy atom. The molecule has 0 aliphatic carbocycles. The second kappa shape index (κ2) is 2.47. The molecule has 0 aromatic carbocycles. The summed E-state index contributed by atoms with van der Waals surface area (Å²) in [6, 6.07) is 0. The highest BCUT2D eigenvalue weighted by Gasteiger charge is 1.96. The number of hydrogen-bond donors (Lipinski definition) is 1. The van der Waals surface area contributed by atoms with Gasteiger partial charge in [-0.2, -0.15) is 0 Å². The molecule has 0 spiro atoms. The molecule has 0 rings (SSSR count). The third-order valence-corrected chi connectivity index (χ3v) is 0.737. The SMILES string of the molecule is C=CC(=S)C(=O)O. The molecule has 0 aliphatic rings. The summed E-state index contributed by atoms with van der Waals surface area (Å²) in [5.41, 5.74) is 0. The summed E-state index contributed by atoms with van der Waals surface area (Å²) >= 11 is 4.26. The fourth-order valence-electron chi connectivity index (χ4n) is 0.0873. The molecule has 2 nitrogen and oxygen atoms in total. The van der Waals surface area contributed by atoms with Gasteiger partial charge in [0.15, 0.2) is 0 Å². The van der Waals surface area contributed by atoms with Crippen LogP contribution in [-0.2, 0) is 4.79 Å². The maximum atomic E-state index is 9.72. The van der Waals surface area contributed by atoms with E-state index in [9.17, 15) is 4.79 Å². The van der Waals surface area contributed by atoms with Gasteiger partial charge in [0.25, 0.3) is 0 Å². The first-order valence-electron chi connectivity index (χ1n) is 1.58. The zero-order valence-corrected chi connectivity index (χ0v) is 4.36. The molecule has 0 amide bonds.